The van der Waals surface area contributed by atoms with E-state index in [9.17, 15) is 9.59 Å². The van der Waals surface area contributed by atoms with Crippen molar-refractivity contribution >= 4 is 17.6 Å². The number of nitrogens with zero attached hydrogens (tertiary/aromatic N) is 1. The van der Waals surface area contributed by atoms with Crippen molar-refractivity contribution in [3.8, 4) is 11.5 Å². The number of carboxylic acids is 1. The van der Waals surface area contributed by atoms with Gasteiger partial charge in [0, 0.05) is 6.07 Å². The van der Waals surface area contributed by atoms with Crippen LogP contribution in [-0.4, -0.2) is 22.1 Å². The number of hydrogen-bond acceptors (Lipinski definition) is 5. The normalized spacial score (nSPS) is 10.4. The van der Waals surface area contributed by atoms with Gasteiger partial charge in [-0.1, -0.05) is 17.3 Å². The predicted octanol–water partition coefficient (Wildman–Crippen LogP) is 2.89. The number of anilines is 1. The molecule has 22 heavy (non-hydrogen) atoms. The van der Waals surface area contributed by atoms with Gasteiger partial charge >= 0.3 is 5.97 Å². The highest BCUT2D eigenvalue weighted by atomic mass is 16.5. The lowest BCUT2D eigenvalue weighted by Gasteiger charge is -2.06. The second kappa shape index (κ2) is 5.57. The molecule has 2 N–H and O–H groups in total. The van der Waals surface area contributed by atoms with Crippen LogP contribution in [0.3, 0.4) is 0 Å². The number of para-hydroxylation sites is 1. The van der Waals surface area contributed by atoms with Crippen LogP contribution in [0.1, 0.15) is 20.8 Å². The molecule has 7 nitrogen and oxygen atoms in total. The Morgan fingerprint density at radius 2 is 1.91 bits per heavy atom. The van der Waals surface area contributed by atoms with Crippen molar-refractivity contribution in [2.24, 2.45) is 0 Å². The Kier molecular flexibility index (Phi) is 3.45. The maximum atomic E-state index is 12.1. The molecule has 0 spiro atoms. The molecule has 0 aliphatic heterocycles. The van der Waals surface area contributed by atoms with E-state index in [4.69, 9.17) is 14.0 Å². The summed E-state index contributed by atoms with van der Waals surface area (Å²) in [6, 6.07) is 10.9. The summed E-state index contributed by atoms with van der Waals surface area (Å²) in [7, 11) is 0. The second-order valence-corrected chi connectivity index (χ2v) is 4.36. The molecule has 1 amide bonds. The highest BCUT2D eigenvalue weighted by molar-refractivity contribution is 6.06. The molecule has 2 heterocycles. The lowest BCUT2D eigenvalue weighted by Crippen LogP contribution is -2.15. The van der Waals surface area contributed by atoms with E-state index in [1.165, 1.54) is 24.5 Å². The summed E-state index contributed by atoms with van der Waals surface area (Å²) in [5.41, 5.74) is 0.194. The molecule has 0 aliphatic rings. The van der Waals surface area contributed by atoms with E-state index in [-0.39, 0.29) is 16.9 Å². The topological polar surface area (TPSA) is 106 Å². The molecule has 2 aromatic heterocycles. The molecule has 7 heteroatoms. The summed E-state index contributed by atoms with van der Waals surface area (Å²) in [6.45, 7) is 0. The third-order valence-corrected chi connectivity index (χ3v) is 2.91. The first-order valence-corrected chi connectivity index (χ1v) is 6.29. The first-order chi connectivity index (χ1) is 10.6. The second-order valence-electron chi connectivity index (χ2n) is 4.36. The van der Waals surface area contributed by atoms with Gasteiger partial charge in [0.05, 0.1) is 17.5 Å². The predicted molar refractivity (Wildman–Crippen MR) is 75.6 cm³/mol. The van der Waals surface area contributed by atoms with Gasteiger partial charge in [-0.3, -0.25) is 4.79 Å². The number of carbonyl (C=O) groups is 2. The van der Waals surface area contributed by atoms with Crippen molar-refractivity contribution in [3.63, 3.8) is 0 Å². The Hall–Kier alpha value is -3.35. The molecule has 3 aromatic rings. The Morgan fingerprint density at radius 1 is 1.09 bits per heavy atom. The molecule has 0 bridgehead atoms. The summed E-state index contributed by atoms with van der Waals surface area (Å²) < 4.78 is 10.2. The number of aromatic nitrogens is 1. The summed E-state index contributed by atoms with van der Waals surface area (Å²) in [5.74, 6) is -0.957. The third-order valence-electron chi connectivity index (χ3n) is 2.91. The van der Waals surface area contributed by atoms with E-state index in [2.05, 4.69) is 10.5 Å². The Morgan fingerprint density at radius 3 is 2.64 bits per heavy atom. The zero-order valence-electron chi connectivity index (χ0n) is 11.1. The van der Waals surface area contributed by atoms with Gasteiger partial charge in [-0.05, 0) is 24.3 Å². The number of aromatic carboxylic acids is 1. The Bertz CT molecular complexity index is 820. The molecule has 110 valence electrons. The molecule has 0 unspecified atom stereocenters. The maximum Gasteiger partial charge on any atom is 0.337 e. The lowest BCUT2D eigenvalue weighted by atomic mass is 10.1. The number of rotatable bonds is 4. The standard InChI is InChI=1S/C15H10N2O5/c18-14(16-10-5-2-1-4-9(10)15(19)20)11-8-13(22-17-11)12-6-3-7-21-12/h1-8H,(H,16,18)(H,19,20). The van der Waals surface area contributed by atoms with Gasteiger partial charge in [0.15, 0.2) is 11.5 Å². The van der Waals surface area contributed by atoms with Crippen LogP contribution in [0.2, 0.25) is 0 Å². The molecule has 3 rings (SSSR count). The van der Waals surface area contributed by atoms with E-state index in [1.54, 1.807) is 24.3 Å². The summed E-state index contributed by atoms with van der Waals surface area (Å²) >= 11 is 0. The fourth-order valence-corrected chi connectivity index (χ4v) is 1.88. The zero-order valence-corrected chi connectivity index (χ0v) is 11.1. The molecule has 1 aromatic carbocycles. The van der Waals surface area contributed by atoms with E-state index in [1.807, 2.05) is 0 Å². The zero-order chi connectivity index (χ0) is 15.5. The minimum Gasteiger partial charge on any atom is -0.478 e. The smallest absolute Gasteiger partial charge is 0.337 e. The first-order valence-electron chi connectivity index (χ1n) is 6.29. The average Bonchev–Trinajstić information content (AvgIpc) is 3.18. The van der Waals surface area contributed by atoms with E-state index >= 15 is 0 Å². The van der Waals surface area contributed by atoms with E-state index < -0.39 is 11.9 Å². The van der Waals surface area contributed by atoms with Crippen LogP contribution in [0.15, 0.2) is 57.7 Å². The molecule has 0 saturated heterocycles. The molecule has 0 aliphatic carbocycles. The number of carboxylic acid groups (broad SMARTS) is 1. The summed E-state index contributed by atoms with van der Waals surface area (Å²) in [6.07, 6.45) is 1.47. The van der Waals surface area contributed by atoms with Gasteiger partial charge in [0.1, 0.15) is 0 Å². The van der Waals surface area contributed by atoms with Gasteiger partial charge in [-0.25, -0.2) is 4.79 Å². The lowest BCUT2D eigenvalue weighted by molar-refractivity contribution is 0.0698. The SMILES string of the molecule is O=C(Nc1ccccc1C(=O)O)c1cc(-c2ccco2)on1. The third kappa shape index (κ3) is 2.59. The molecule has 0 radical (unpaired) electrons. The maximum absolute atomic E-state index is 12.1. The fraction of sp³-hybridized carbons (Fsp3) is 0. The van der Waals surface area contributed by atoms with Crippen molar-refractivity contribution in [3.05, 3.63) is 60.0 Å². The van der Waals surface area contributed by atoms with Crippen molar-refractivity contribution in [2.45, 2.75) is 0 Å². The first kappa shape index (κ1) is 13.6. The van der Waals surface area contributed by atoms with Crippen LogP contribution >= 0.6 is 0 Å². The quantitative estimate of drug-likeness (QED) is 0.767. The van der Waals surface area contributed by atoms with Crippen LogP contribution < -0.4 is 5.32 Å². The van der Waals surface area contributed by atoms with Crippen molar-refractivity contribution < 1.29 is 23.6 Å². The van der Waals surface area contributed by atoms with Gasteiger partial charge in [0.25, 0.3) is 5.91 Å². The highest BCUT2D eigenvalue weighted by Gasteiger charge is 2.17. The minimum atomic E-state index is -1.13. The van der Waals surface area contributed by atoms with Crippen molar-refractivity contribution in [1.29, 1.82) is 0 Å². The monoisotopic (exact) mass is 298 g/mol. The van der Waals surface area contributed by atoms with Gasteiger partial charge < -0.3 is 19.4 Å². The summed E-state index contributed by atoms with van der Waals surface area (Å²) in [4.78, 5) is 23.2. The number of carbonyl (C=O) groups excluding carboxylic acids is 1. The molecule has 0 atom stereocenters. The fourth-order valence-electron chi connectivity index (χ4n) is 1.88. The Labute approximate surface area is 124 Å². The Balaban J connectivity index is 1.82. The molecule has 0 saturated carbocycles. The molecule has 0 fully saturated rings. The number of hydrogen-bond donors (Lipinski definition) is 2. The summed E-state index contributed by atoms with van der Waals surface area (Å²) in [5, 5.41) is 15.2. The van der Waals surface area contributed by atoms with Gasteiger partial charge in [-0.2, -0.15) is 0 Å². The van der Waals surface area contributed by atoms with Crippen molar-refractivity contribution in [2.75, 3.05) is 5.32 Å². The van der Waals surface area contributed by atoms with Crippen LogP contribution in [0.25, 0.3) is 11.5 Å². The van der Waals surface area contributed by atoms with Gasteiger partial charge in [0.2, 0.25) is 5.76 Å². The minimum absolute atomic E-state index is 0.00870. The number of nitrogens with one attached hydrogen (secondary N) is 1. The van der Waals surface area contributed by atoms with Crippen LogP contribution in [0.5, 0.6) is 0 Å². The highest BCUT2D eigenvalue weighted by Crippen LogP contribution is 2.21. The van der Waals surface area contributed by atoms with E-state index in [0.717, 1.165) is 0 Å². The average molecular weight is 298 g/mol. The number of amides is 1. The van der Waals surface area contributed by atoms with Crippen LogP contribution in [-0.2, 0) is 0 Å². The van der Waals surface area contributed by atoms with Crippen LogP contribution in [0.4, 0.5) is 5.69 Å². The van der Waals surface area contributed by atoms with Crippen molar-refractivity contribution in [1.82, 2.24) is 5.16 Å². The number of furan rings is 1. The largest absolute Gasteiger partial charge is 0.478 e. The number of benzene rings is 1. The van der Waals surface area contributed by atoms with E-state index in [0.29, 0.717) is 11.5 Å². The molecular weight excluding hydrogens is 288 g/mol. The molecular formula is C15H10N2O5. The van der Waals surface area contributed by atoms with Crippen LogP contribution in [0, 0.1) is 0 Å². The van der Waals surface area contributed by atoms with Gasteiger partial charge in [-0.15, -0.1) is 0 Å².